The van der Waals surface area contributed by atoms with E-state index in [0.717, 1.165) is 6.42 Å². The molecule has 0 radical (unpaired) electrons. The van der Waals surface area contributed by atoms with Crippen LogP contribution < -0.4 is 5.32 Å². The van der Waals surface area contributed by atoms with Crippen LogP contribution in [0, 0.1) is 5.92 Å². The van der Waals surface area contributed by atoms with Gasteiger partial charge in [-0.15, -0.1) is 0 Å². The van der Waals surface area contributed by atoms with Crippen LogP contribution in [0.25, 0.3) is 0 Å². The van der Waals surface area contributed by atoms with Gasteiger partial charge in [-0.25, -0.2) is 8.42 Å². The third kappa shape index (κ3) is 5.57. The molecule has 0 unspecified atom stereocenters. The van der Waals surface area contributed by atoms with E-state index < -0.39 is 10.0 Å². The molecule has 0 bridgehead atoms. The first-order valence-corrected chi connectivity index (χ1v) is 10.8. The lowest BCUT2D eigenvalue weighted by molar-refractivity contribution is -0.122. The van der Waals surface area contributed by atoms with E-state index in [0.29, 0.717) is 38.6 Å². The number of piperazine rings is 1. The molecular weight excluding hydrogens is 397 g/mol. The Hall–Kier alpha value is -0.860. The highest BCUT2D eigenvalue weighted by atomic mass is 35.5. The first-order chi connectivity index (χ1) is 12.2. The fourth-order valence-corrected chi connectivity index (χ4v) is 4.87. The highest BCUT2D eigenvalue weighted by Crippen LogP contribution is 2.31. The molecule has 1 saturated heterocycles. The van der Waals surface area contributed by atoms with Crippen molar-refractivity contribution in [2.75, 3.05) is 39.3 Å². The summed E-state index contributed by atoms with van der Waals surface area (Å²) in [7, 11) is -3.70. The number of hydrogen-bond acceptors (Lipinski definition) is 4. The highest BCUT2D eigenvalue weighted by Gasteiger charge is 2.31. The third-order valence-electron chi connectivity index (χ3n) is 4.28. The quantitative estimate of drug-likeness (QED) is 0.733. The van der Waals surface area contributed by atoms with E-state index >= 15 is 0 Å². The van der Waals surface area contributed by atoms with Crippen LogP contribution in [0.15, 0.2) is 23.1 Å². The van der Waals surface area contributed by atoms with Gasteiger partial charge in [-0.05, 0) is 24.5 Å². The summed E-state index contributed by atoms with van der Waals surface area (Å²) in [5, 5.41) is 3.15. The molecule has 1 amide bonds. The molecule has 1 aliphatic heterocycles. The maximum absolute atomic E-state index is 12.8. The number of amides is 1. The average molecular weight is 422 g/mol. The second-order valence-corrected chi connectivity index (χ2v) is 9.46. The summed E-state index contributed by atoms with van der Waals surface area (Å²) < 4.78 is 26.9. The largest absolute Gasteiger partial charge is 0.355 e. The van der Waals surface area contributed by atoms with Crippen molar-refractivity contribution in [2.45, 2.75) is 25.2 Å². The van der Waals surface area contributed by atoms with Crippen molar-refractivity contribution in [3.05, 3.63) is 28.2 Å². The van der Waals surface area contributed by atoms with E-state index in [2.05, 4.69) is 19.2 Å². The Morgan fingerprint density at radius 1 is 1.19 bits per heavy atom. The molecule has 0 spiro atoms. The van der Waals surface area contributed by atoms with Crippen LogP contribution in [-0.4, -0.2) is 62.8 Å². The molecule has 1 aromatic carbocycles. The van der Waals surface area contributed by atoms with Gasteiger partial charge in [-0.2, -0.15) is 4.31 Å². The van der Waals surface area contributed by atoms with E-state index in [1.165, 1.54) is 10.4 Å². The van der Waals surface area contributed by atoms with E-state index in [9.17, 15) is 13.2 Å². The molecule has 1 aromatic rings. The summed E-state index contributed by atoms with van der Waals surface area (Å²) in [6.45, 7) is 6.77. The van der Waals surface area contributed by atoms with Crippen LogP contribution in [0.2, 0.25) is 10.0 Å². The maximum atomic E-state index is 12.8. The average Bonchev–Trinajstić information content (AvgIpc) is 2.57. The molecule has 9 heteroatoms. The van der Waals surface area contributed by atoms with Crippen molar-refractivity contribution >= 4 is 39.1 Å². The SMILES string of the molecule is CC(C)CCNC(=O)CN1CCN(S(=O)(=O)c2cccc(Cl)c2Cl)CC1. The number of hydrogen-bond donors (Lipinski definition) is 1. The summed E-state index contributed by atoms with van der Waals surface area (Å²) in [5.74, 6) is 0.516. The number of nitrogens with one attached hydrogen (secondary N) is 1. The first-order valence-electron chi connectivity index (χ1n) is 8.65. The Bertz CT molecular complexity index is 733. The predicted octanol–water partition coefficient (Wildman–Crippen LogP) is 2.46. The van der Waals surface area contributed by atoms with Gasteiger partial charge in [0, 0.05) is 32.7 Å². The molecule has 1 N–H and O–H groups in total. The van der Waals surface area contributed by atoms with Crippen molar-refractivity contribution in [1.82, 2.24) is 14.5 Å². The van der Waals surface area contributed by atoms with Gasteiger partial charge in [0.05, 0.1) is 16.6 Å². The lowest BCUT2D eigenvalue weighted by atomic mass is 10.1. The normalized spacial score (nSPS) is 16.8. The topological polar surface area (TPSA) is 69.7 Å². The molecule has 0 aromatic heterocycles. The van der Waals surface area contributed by atoms with Gasteiger partial charge in [0.2, 0.25) is 15.9 Å². The smallest absolute Gasteiger partial charge is 0.244 e. The maximum Gasteiger partial charge on any atom is 0.244 e. The molecule has 26 heavy (non-hydrogen) atoms. The lowest BCUT2D eigenvalue weighted by Crippen LogP contribution is -2.51. The standard InChI is InChI=1S/C17H25Cl2N3O3S/c1-13(2)6-7-20-16(23)12-21-8-10-22(11-9-21)26(24,25)15-5-3-4-14(18)17(15)19/h3-5,13H,6-12H2,1-2H3,(H,20,23). The summed E-state index contributed by atoms with van der Waals surface area (Å²) >= 11 is 12.0. The lowest BCUT2D eigenvalue weighted by Gasteiger charge is -2.33. The molecule has 1 aliphatic rings. The fourth-order valence-electron chi connectivity index (χ4n) is 2.71. The Labute approximate surface area is 165 Å². The summed E-state index contributed by atoms with van der Waals surface area (Å²) in [5.41, 5.74) is 0. The molecule has 0 aliphatic carbocycles. The van der Waals surface area contributed by atoms with Gasteiger partial charge in [-0.1, -0.05) is 43.1 Å². The van der Waals surface area contributed by atoms with Crippen LogP contribution in [0.4, 0.5) is 0 Å². The second kappa shape index (κ2) is 9.37. The highest BCUT2D eigenvalue weighted by molar-refractivity contribution is 7.89. The minimum Gasteiger partial charge on any atom is -0.355 e. The fraction of sp³-hybridized carbons (Fsp3) is 0.588. The molecule has 146 valence electrons. The molecule has 1 heterocycles. The van der Waals surface area contributed by atoms with E-state index in [4.69, 9.17) is 23.2 Å². The minimum atomic E-state index is -3.70. The summed E-state index contributed by atoms with van der Waals surface area (Å²) in [4.78, 5) is 13.9. The van der Waals surface area contributed by atoms with Gasteiger partial charge < -0.3 is 5.32 Å². The molecule has 0 saturated carbocycles. The number of nitrogens with zero attached hydrogens (tertiary/aromatic N) is 2. The van der Waals surface area contributed by atoms with Crippen LogP contribution >= 0.6 is 23.2 Å². The Balaban J connectivity index is 1.89. The van der Waals surface area contributed by atoms with E-state index in [1.54, 1.807) is 12.1 Å². The number of carbonyl (C=O) groups is 1. The number of carbonyl (C=O) groups excluding carboxylic acids is 1. The van der Waals surface area contributed by atoms with Crippen molar-refractivity contribution in [3.63, 3.8) is 0 Å². The number of rotatable bonds is 7. The van der Waals surface area contributed by atoms with Gasteiger partial charge in [0.25, 0.3) is 0 Å². The summed E-state index contributed by atoms with van der Waals surface area (Å²) in [6, 6.07) is 4.58. The van der Waals surface area contributed by atoms with Crippen molar-refractivity contribution < 1.29 is 13.2 Å². The zero-order valence-electron chi connectivity index (χ0n) is 15.0. The monoisotopic (exact) mass is 421 g/mol. The van der Waals surface area contributed by atoms with Crippen molar-refractivity contribution in [2.24, 2.45) is 5.92 Å². The van der Waals surface area contributed by atoms with Gasteiger partial charge in [-0.3, -0.25) is 9.69 Å². The summed E-state index contributed by atoms with van der Waals surface area (Å²) in [6.07, 6.45) is 0.943. The first kappa shape index (κ1) is 21.4. The number of benzene rings is 1. The van der Waals surface area contributed by atoms with Gasteiger partial charge in [0.15, 0.2) is 0 Å². The minimum absolute atomic E-state index is 0.0199. The molecule has 6 nitrogen and oxygen atoms in total. The molecular formula is C17H25Cl2N3O3S. The third-order valence-corrected chi connectivity index (χ3v) is 7.15. The van der Waals surface area contributed by atoms with E-state index in [-0.39, 0.29) is 27.4 Å². The van der Waals surface area contributed by atoms with Gasteiger partial charge >= 0.3 is 0 Å². The molecule has 1 fully saturated rings. The van der Waals surface area contributed by atoms with Crippen LogP contribution in [-0.2, 0) is 14.8 Å². The van der Waals surface area contributed by atoms with E-state index in [1.807, 2.05) is 4.90 Å². The Kier molecular flexibility index (Phi) is 7.73. The van der Waals surface area contributed by atoms with Crippen molar-refractivity contribution in [1.29, 1.82) is 0 Å². The number of halogens is 2. The van der Waals surface area contributed by atoms with Crippen LogP contribution in [0.3, 0.4) is 0 Å². The Morgan fingerprint density at radius 2 is 1.85 bits per heavy atom. The number of sulfonamides is 1. The second-order valence-electron chi connectivity index (χ2n) is 6.76. The van der Waals surface area contributed by atoms with Crippen LogP contribution in [0.5, 0.6) is 0 Å². The Morgan fingerprint density at radius 3 is 2.46 bits per heavy atom. The zero-order valence-corrected chi connectivity index (χ0v) is 17.4. The van der Waals surface area contributed by atoms with Crippen LogP contribution in [0.1, 0.15) is 20.3 Å². The molecule has 2 rings (SSSR count). The predicted molar refractivity (Wildman–Crippen MR) is 104 cm³/mol. The molecule has 0 atom stereocenters. The van der Waals surface area contributed by atoms with Crippen molar-refractivity contribution in [3.8, 4) is 0 Å². The zero-order chi connectivity index (χ0) is 19.3. The van der Waals surface area contributed by atoms with Gasteiger partial charge in [0.1, 0.15) is 4.90 Å².